The summed E-state index contributed by atoms with van der Waals surface area (Å²) < 4.78 is 5.74. The number of piperidine rings is 1. The third-order valence-electron chi connectivity index (χ3n) is 4.53. The maximum atomic E-state index is 5.74. The molecule has 0 aromatic heterocycles. The van der Waals surface area contributed by atoms with Crippen LogP contribution in [0.1, 0.15) is 39.5 Å². The van der Waals surface area contributed by atoms with Gasteiger partial charge in [0.25, 0.3) is 0 Å². The van der Waals surface area contributed by atoms with Crippen LogP contribution in [0.15, 0.2) is 0 Å². The second-order valence-corrected chi connectivity index (χ2v) is 6.42. The smallest absolute Gasteiger partial charge is 0.0702 e. The third-order valence-corrected chi connectivity index (χ3v) is 4.53. The first-order valence-electron chi connectivity index (χ1n) is 7.16. The van der Waals surface area contributed by atoms with Crippen LogP contribution in [0.2, 0.25) is 0 Å². The highest BCUT2D eigenvalue weighted by atomic mass is 16.5. The predicted molar refractivity (Wildman–Crippen MR) is 71.0 cm³/mol. The summed E-state index contributed by atoms with van der Waals surface area (Å²) in [5, 5.41) is 0. The standard InChI is InChI=1S/C14H28N2O/c1-14(2)11-16(8-6-12(14)5-7-15)10-13-4-3-9-17-13/h12-13H,3-11,15H2,1-2H3. The lowest BCUT2D eigenvalue weighted by atomic mass is 9.72. The summed E-state index contributed by atoms with van der Waals surface area (Å²) in [5.74, 6) is 0.799. The topological polar surface area (TPSA) is 38.5 Å². The van der Waals surface area contributed by atoms with Gasteiger partial charge in [-0.1, -0.05) is 13.8 Å². The molecular weight excluding hydrogens is 212 g/mol. The van der Waals surface area contributed by atoms with Crippen LogP contribution in [0.4, 0.5) is 0 Å². The van der Waals surface area contributed by atoms with Crippen LogP contribution in [-0.2, 0) is 4.74 Å². The summed E-state index contributed by atoms with van der Waals surface area (Å²) in [6.07, 6.45) is 5.48. The maximum Gasteiger partial charge on any atom is 0.0702 e. The minimum Gasteiger partial charge on any atom is -0.377 e. The summed E-state index contributed by atoms with van der Waals surface area (Å²) in [6, 6.07) is 0. The van der Waals surface area contributed by atoms with Crippen molar-refractivity contribution in [1.29, 1.82) is 0 Å². The Morgan fingerprint density at radius 1 is 1.35 bits per heavy atom. The van der Waals surface area contributed by atoms with E-state index in [2.05, 4.69) is 18.7 Å². The van der Waals surface area contributed by atoms with Crippen molar-refractivity contribution in [2.45, 2.75) is 45.6 Å². The molecule has 2 N–H and O–H groups in total. The number of rotatable bonds is 4. The van der Waals surface area contributed by atoms with Crippen LogP contribution < -0.4 is 5.73 Å². The highest BCUT2D eigenvalue weighted by molar-refractivity contribution is 4.88. The van der Waals surface area contributed by atoms with E-state index in [1.165, 1.54) is 38.8 Å². The second kappa shape index (κ2) is 5.68. The molecular formula is C14H28N2O. The van der Waals surface area contributed by atoms with E-state index in [4.69, 9.17) is 10.5 Å². The molecule has 0 aromatic carbocycles. The first kappa shape index (κ1) is 13.3. The SMILES string of the molecule is CC1(C)CN(CC2CCCO2)CCC1CCN. The Bertz CT molecular complexity index is 236. The van der Waals surface area contributed by atoms with Crippen molar-refractivity contribution in [2.24, 2.45) is 17.1 Å². The first-order chi connectivity index (χ1) is 8.12. The van der Waals surface area contributed by atoms with E-state index in [9.17, 15) is 0 Å². The fraction of sp³-hybridized carbons (Fsp3) is 1.00. The van der Waals surface area contributed by atoms with E-state index in [-0.39, 0.29) is 0 Å². The van der Waals surface area contributed by atoms with E-state index in [0.29, 0.717) is 11.5 Å². The van der Waals surface area contributed by atoms with Crippen LogP contribution in [0.25, 0.3) is 0 Å². The zero-order chi connectivity index (χ0) is 12.3. The zero-order valence-electron chi connectivity index (χ0n) is 11.5. The molecule has 2 fully saturated rings. The minimum absolute atomic E-state index is 0.413. The average molecular weight is 240 g/mol. The van der Waals surface area contributed by atoms with Gasteiger partial charge in [0.2, 0.25) is 0 Å². The minimum atomic E-state index is 0.413. The quantitative estimate of drug-likeness (QED) is 0.815. The van der Waals surface area contributed by atoms with Crippen molar-refractivity contribution in [2.75, 3.05) is 32.8 Å². The van der Waals surface area contributed by atoms with E-state index in [0.717, 1.165) is 25.6 Å². The molecule has 0 spiro atoms. The van der Waals surface area contributed by atoms with Crippen LogP contribution in [0, 0.1) is 11.3 Å². The Kier molecular flexibility index (Phi) is 4.45. The number of hydrogen-bond donors (Lipinski definition) is 1. The summed E-state index contributed by atoms with van der Waals surface area (Å²) in [4.78, 5) is 2.60. The lowest BCUT2D eigenvalue weighted by Crippen LogP contribution is -2.48. The van der Waals surface area contributed by atoms with E-state index < -0.39 is 0 Å². The monoisotopic (exact) mass is 240 g/mol. The molecule has 2 aliphatic rings. The summed E-state index contributed by atoms with van der Waals surface area (Å²) >= 11 is 0. The van der Waals surface area contributed by atoms with Gasteiger partial charge in [0.1, 0.15) is 0 Å². The lowest BCUT2D eigenvalue weighted by molar-refractivity contribution is 0.0119. The van der Waals surface area contributed by atoms with Gasteiger partial charge in [-0.15, -0.1) is 0 Å². The molecule has 0 aliphatic carbocycles. The highest BCUT2D eigenvalue weighted by Gasteiger charge is 2.35. The Balaban J connectivity index is 1.83. The van der Waals surface area contributed by atoms with E-state index in [1.54, 1.807) is 0 Å². The molecule has 0 aromatic rings. The lowest BCUT2D eigenvalue weighted by Gasteiger charge is -2.45. The second-order valence-electron chi connectivity index (χ2n) is 6.42. The third kappa shape index (κ3) is 3.43. The fourth-order valence-electron chi connectivity index (χ4n) is 3.48. The first-order valence-corrected chi connectivity index (χ1v) is 7.16. The molecule has 2 rings (SSSR count). The number of hydrogen-bond acceptors (Lipinski definition) is 3. The Hall–Kier alpha value is -0.120. The number of nitrogens with two attached hydrogens (primary N) is 1. The van der Waals surface area contributed by atoms with Gasteiger partial charge in [-0.05, 0) is 50.1 Å². The molecule has 2 saturated heterocycles. The molecule has 0 radical (unpaired) electrons. The molecule has 0 amide bonds. The van der Waals surface area contributed by atoms with Gasteiger partial charge < -0.3 is 15.4 Å². The van der Waals surface area contributed by atoms with Crippen molar-refractivity contribution in [3.63, 3.8) is 0 Å². The highest BCUT2D eigenvalue weighted by Crippen LogP contribution is 2.37. The summed E-state index contributed by atoms with van der Waals surface area (Å²) in [5.41, 5.74) is 6.13. The van der Waals surface area contributed by atoms with Crippen molar-refractivity contribution >= 4 is 0 Å². The molecule has 2 atom stereocenters. The fourth-order valence-corrected chi connectivity index (χ4v) is 3.48. The number of ether oxygens (including phenoxy) is 1. The molecule has 17 heavy (non-hydrogen) atoms. The van der Waals surface area contributed by atoms with Gasteiger partial charge in [0, 0.05) is 19.7 Å². The summed E-state index contributed by atoms with van der Waals surface area (Å²) in [7, 11) is 0. The van der Waals surface area contributed by atoms with Crippen molar-refractivity contribution in [3.05, 3.63) is 0 Å². The van der Waals surface area contributed by atoms with Gasteiger partial charge in [0.15, 0.2) is 0 Å². The zero-order valence-corrected chi connectivity index (χ0v) is 11.5. The van der Waals surface area contributed by atoms with Gasteiger partial charge in [0.05, 0.1) is 6.10 Å². The van der Waals surface area contributed by atoms with Crippen molar-refractivity contribution in [3.8, 4) is 0 Å². The maximum absolute atomic E-state index is 5.74. The molecule has 2 aliphatic heterocycles. The Labute approximate surface area is 106 Å². The largest absolute Gasteiger partial charge is 0.377 e. The van der Waals surface area contributed by atoms with Crippen LogP contribution in [0.5, 0.6) is 0 Å². The molecule has 3 nitrogen and oxygen atoms in total. The van der Waals surface area contributed by atoms with Crippen LogP contribution in [-0.4, -0.2) is 43.8 Å². The predicted octanol–water partition coefficient (Wildman–Crippen LogP) is 1.86. The van der Waals surface area contributed by atoms with E-state index in [1.807, 2.05) is 0 Å². The van der Waals surface area contributed by atoms with E-state index >= 15 is 0 Å². The van der Waals surface area contributed by atoms with Crippen molar-refractivity contribution < 1.29 is 4.74 Å². The van der Waals surface area contributed by atoms with Gasteiger partial charge >= 0.3 is 0 Å². The molecule has 3 heteroatoms. The normalized spacial score (nSPS) is 34.1. The Morgan fingerprint density at radius 3 is 2.76 bits per heavy atom. The molecule has 2 unspecified atom stereocenters. The molecule has 0 saturated carbocycles. The molecule has 0 bridgehead atoms. The average Bonchev–Trinajstić information content (AvgIpc) is 2.74. The molecule has 2 heterocycles. The van der Waals surface area contributed by atoms with Crippen molar-refractivity contribution in [1.82, 2.24) is 4.90 Å². The van der Waals surface area contributed by atoms with Gasteiger partial charge in [-0.3, -0.25) is 0 Å². The van der Waals surface area contributed by atoms with Crippen LogP contribution in [0.3, 0.4) is 0 Å². The number of nitrogens with zero attached hydrogens (tertiary/aromatic N) is 1. The van der Waals surface area contributed by atoms with Gasteiger partial charge in [-0.2, -0.15) is 0 Å². The summed E-state index contributed by atoms with van der Waals surface area (Å²) in [6.45, 7) is 10.2. The Morgan fingerprint density at radius 2 is 2.18 bits per heavy atom. The number of likely N-dealkylation sites (tertiary alicyclic amines) is 1. The van der Waals surface area contributed by atoms with Gasteiger partial charge in [-0.25, -0.2) is 0 Å². The molecule has 100 valence electrons. The van der Waals surface area contributed by atoms with Crippen LogP contribution >= 0.6 is 0 Å².